The first kappa shape index (κ1) is 15.9. The van der Waals surface area contributed by atoms with Crippen LogP contribution in [0.25, 0.3) is 10.9 Å². The Kier molecular flexibility index (Phi) is 6.14. The second kappa shape index (κ2) is 8.10. The van der Waals surface area contributed by atoms with Crippen molar-refractivity contribution in [2.75, 3.05) is 18.6 Å². The number of nitrogens with two attached hydrogens (primary N) is 1. The lowest BCUT2D eigenvalue weighted by molar-refractivity contribution is -0.122. The predicted octanol–water partition coefficient (Wildman–Crippen LogP) is 2.23. The van der Waals surface area contributed by atoms with Gasteiger partial charge in [-0.25, -0.2) is 0 Å². The molecule has 1 heterocycles. The molecule has 0 radical (unpaired) electrons. The number of amides is 1. The quantitative estimate of drug-likeness (QED) is 0.735. The highest BCUT2D eigenvalue weighted by Gasteiger charge is 2.11. The summed E-state index contributed by atoms with van der Waals surface area (Å²) in [5.41, 5.74) is 7.06. The van der Waals surface area contributed by atoms with Crippen molar-refractivity contribution in [2.45, 2.75) is 25.4 Å². The van der Waals surface area contributed by atoms with Gasteiger partial charge in [0.25, 0.3) is 0 Å². The van der Waals surface area contributed by atoms with Crippen LogP contribution in [0, 0.1) is 0 Å². The number of carbonyl (C=O) groups is 1. The third-order valence-corrected chi connectivity index (χ3v) is 4.17. The maximum Gasteiger partial charge on any atom is 0.236 e. The molecule has 1 amide bonds. The van der Waals surface area contributed by atoms with E-state index < -0.39 is 0 Å². The molecule has 0 saturated carbocycles. The molecule has 0 aliphatic heterocycles. The Labute approximate surface area is 130 Å². The molecule has 2 aromatic rings. The molecule has 1 aromatic carbocycles. The van der Waals surface area contributed by atoms with E-state index in [-0.39, 0.29) is 11.9 Å². The van der Waals surface area contributed by atoms with E-state index in [4.69, 9.17) is 5.73 Å². The van der Waals surface area contributed by atoms with Gasteiger partial charge in [-0.15, -0.1) is 0 Å². The number of aryl methyl sites for hydroxylation is 1. The van der Waals surface area contributed by atoms with Crippen LogP contribution in [-0.2, 0) is 11.3 Å². The molecule has 0 fully saturated rings. The Morgan fingerprint density at radius 3 is 3.00 bits per heavy atom. The smallest absolute Gasteiger partial charge is 0.236 e. The molecule has 1 aromatic heterocycles. The number of fused-ring (bicyclic) bond motifs is 1. The standard InChI is InChI=1S/C16H23N3OS/c1-21-12-8-14(17)16(20)18-9-4-10-19-11-7-13-5-2-3-6-15(13)19/h2-3,5-7,11,14H,4,8-10,12,17H2,1H3,(H,18,20)/t14-/m1/s1. The Morgan fingerprint density at radius 2 is 2.19 bits per heavy atom. The molecule has 3 N–H and O–H groups in total. The molecule has 0 aliphatic rings. The normalized spacial score (nSPS) is 12.5. The van der Waals surface area contributed by atoms with Crippen molar-refractivity contribution in [1.82, 2.24) is 9.88 Å². The van der Waals surface area contributed by atoms with Crippen LogP contribution in [0.3, 0.4) is 0 Å². The van der Waals surface area contributed by atoms with E-state index in [1.54, 1.807) is 11.8 Å². The summed E-state index contributed by atoms with van der Waals surface area (Å²) in [5, 5.41) is 4.17. The lowest BCUT2D eigenvalue weighted by Gasteiger charge is -2.12. The van der Waals surface area contributed by atoms with Gasteiger partial charge in [0.15, 0.2) is 0 Å². The molecule has 4 nitrogen and oxygen atoms in total. The van der Waals surface area contributed by atoms with Crippen molar-refractivity contribution < 1.29 is 4.79 Å². The fraction of sp³-hybridized carbons (Fsp3) is 0.438. The van der Waals surface area contributed by atoms with Crippen molar-refractivity contribution in [3.05, 3.63) is 36.5 Å². The lowest BCUT2D eigenvalue weighted by atomic mass is 10.2. The monoisotopic (exact) mass is 305 g/mol. The highest BCUT2D eigenvalue weighted by molar-refractivity contribution is 7.98. The molecule has 0 unspecified atom stereocenters. The Morgan fingerprint density at radius 1 is 1.38 bits per heavy atom. The number of carbonyl (C=O) groups excluding carboxylic acids is 1. The van der Waals surface area contributed by atoms with Gasteiger partial charge in [0.2, 0.25) is 5.91 Å². The van der Waals surface area contributed by atoms with Gasteiger partial charge in [-0.1, -0.05) is 18.2 Å². The number of thioether (sulfide) groups is 1. The summed E-state index contributed by atoms with van der Waals surface area (Å²) in [6, 6.07) is 10.1. The van der Waals surface area contributed by atoms with E-state index in [1.807, 2.05) is 18.4 Å². The lowest BCUT2D eigenvalue weighted by Crippen LogP contribution is -2.41. The van der Waals surface area contributed by atoms with Crippen LogP contribution < -0.4 is 11.1 Å². The van der Waals surface area contributed by atoms with Gasteiger partial charge in [-0.05, 0) is 42.4 Å². The molecule has 0 aliphatic carbocycles. The minimum Gasteiger partial charge on any atom is -0.355 e. The van der Waals surface area contributed by atoms with E-state index in [1.165, 1.54) is 10.9 Å². The van der Waals surface area contributed by atoms with Gasteiger partial charge in [0.05, 0.1) is 6.04 Å². The fourth-order valence-corrected chi connectivity index (χ4v) is 2.79. The number of benzene rings is 1. The molecule has 1 atom stereocenters. The first-order chi connectivity index (χ1) is 10.2. The summed E-state index contributed by atoms with van der Waals surface area (Å²) in [5.74, 6) is 0.880. The van der Waals surface area contributed by atoms with Crippen molar-refractivity contribution in [2.24, 2.45) is 5.73 Å². The van der Waals surface area contributed by atoms with Gasteiger partial charge in [-0.3, -0.25) is 4.79 Å². The van der Waals surface area contributed by atoms with E-state index >= 15 is 0 Å². The third kappa shape index (κ3) is 4.51. The summed E-state index contributed by atoms with van der Waals surface area (Å²) >= 11 is 1.71. The summed E-state index contributed by atoms with van der Waals surface area (Å²) < 4.78 is 2.22. The summed E-state index contributed by atoms with van der Waals surface area (Å²) in [6.07, 6.45) is 5.75. The predicted molar refractivity (Wildman–Crippen MR) is 90.5 cm³/mol. The van der Waals surface area contributed by atoms with E-state index in [9.17, 15) is 4.79 Å². The zero-order chi connectivity index (χ0) is 15.1. The first-order valence-corrected chi connectivity index (χ1v) is 8.68. The van der Waals surface area contributed by atoms with E-state index in [2.05, 4.69) is 34.3 Å². The van der Waals surface area contributed by atoms with Crippen molar-refractivity contribution in [3.8, 4) is 0 Å². The molecular formula is C16H23N3OS. The number of hydrogen-bond acceptors (Lipinski definition) is 3. The van der Waals surface area contributed by atoms with Crippen molar-refractivity contribution in [1.29, 1.82) is 0 Å². The average molecular weight is 305 g/mol. The molecule has 2 rings (SSSR count). The summed E-state index contributed by atoms with van der Waals surface area (Å²) in [7, 11) is 0. The molecule has 0 spiro atoms. The highest BCUT2D eigenvalue weighted by Crippen LogP contribution is 2.15. The van der Waals surface area contributed by atoms with Gasteiger partial charge in [0.1, 0.15) is 0 Å². The van der Waals surface area contributed by atoms with Crippen LogP contribution in [0.1, 0.15) is 12.8 Å². The van der Waals surface area contributed by atoms with Crippen LogP contribution in [0.2, 0.25) is 0 Å². The SMILES string of the molecule is CSCC[C@@H](N)C(=O)NCCCn1ccc2ccccc21. The summed E-state index contributed by atoms with van der Waals surface area (Å²) in [6.45, 7) is 1.56. The zero-order valence-electron chi connectivity index (χ0n) is 12.4. The fourth-order valence-electron chi connectivity index (χ4n) is 2.30. The number of aromatic nitrogens is 1. The van der Waals surface area contributed by atoms with Crippen LogP contribution in [-0.4, -0.2) is 35.1 Å². The topological polar surface area (TPSA) is 60.1 Å². The van der Waals surface area contributed by atoms with Gasteiger partial charge in [0, 0.05) is 24.8 Å². The second-order valence-corrected chi connectivity index (χ2v) is 6.09. The van der Waals surface area contributed by atoms with Crippen LogP contribution in [0.5, 0.6) is 0 Å². The molecule has 5 heteroatoms. The van der Waals surface area contributed by atoms with Crippen LogP contribution >= 0.6 is 11.8 Å². The van der Waals surface area contributed by atoms with E-state index in [0.29, 0.717) is 6.54 Å². The van der Waals surface area contributed by atoms with Gasteiger partial charge >= 0.3 is 0 Å². The highest BCUT2D eigenvalue weighted by atomic mass is 32.2. The van der Waals surface area contributed by atoms with Crippen LogP contribution in [0.15, 0.2) is 36.5 Å². The number of nitrogens with zero attached hydrogens (tertiary/aromatic N) is 1. The summed E-state index contributed by atoms with van der Waals surface area (Å²) in [4.78, 5) is 11.8. The number of nitrogens with one attached hydrogen (secondary N) is 1. The van der Waals surface area contributed by atoms with Crippen molar-refractivity contribution >= 4 is 28.6 Å². The maximum atomic E-state index is 11.8. The van der Waals surface area contributed by atoms with Crippen molar-refractivity contribution in [3.63, 3.8) is 0 Å². The second-order valence-electron chi connectivity index (χ2n) is 5.10. The Bertz CT molecular complexity index is 582. The van der Waals surface area contributed by atoms with Gasteiger partial charge in [-0.2, -0.15) is 11.8 Å². The molecule has 0 bridgehead atoms. The zero-order valence-corrected chi connectivity index (χ0v) is 13.2. The largest absolute Gasteiger partial charge is 0.355 e. The third-order valence-electron chi connectivity index (χ3n) is 3.52. The molecule has 0 saturated heterocycles. The minimum atomic E-state index is -0.384. The number of hydrogen-bond donors (Lipinski definition) is 2. The molecule has 21 heavy (non-hydrogen) atoms. The maximum absolute atomic E-state index is 11.8. The van der Waals surface area contributed by atoms with Gasteiger partial charge < -0.3 is 15.6 Å². The minimum absolute atomic E-state index is 0.0404. The Hall–Kier alpha value is -1.46. The molecule has 114 valence electrons. The number of rotatable bonds is 8. The van der Waals surface area contributed by atoms with E-state index in [0.717, 1.165) is 25.1 Å². The number of para-hydroxylation sites is 1. The Balaban J connectivity index is 1.73. The van der Waals surface area contributed by atoms with Crippen LogP contribution in [0.4, 0.5) is 0 Å². The first-order valence-electron chi connectivity index (χ1n) is 7.28. The average Bonchev–Trinajstić information content (AvgIpc) is 2.92. The molecular weight excluding hydrogens is 282 g/mol.